The molecule has 0 bridgehead atoms. The van der Waals surface area contributed by atoms with Crippen LogP contribution in [0.3, 0.4) is 0 Å². The molecule has 6 nitrogen and oxygen atoms in total. The Morgan fingerprint density at radius 1 is 1.53 bits per heavy atom. The highest BCUT2D eigenvalue weighted by Crippen LogP contribution is 1.99. The highest BCUT2D eigenvalue weighted by Gasteiger charge is 2.19. The van der Waals surface area contributed by atoms with E-state index in [0.717, 1.165) is 0 Å². The van der Waals surface area contributed by atoms with Gasteiger partial charge in [0.05, 0.1) is 0 Å². The second kappa shape index (κ2) is 6.53. The minimum atomic E-state index is -1.12. The van der Waals surface area contributed by atoms with Crippen LogP contribution in [0.2, 0.25) is 0 Å². The molecular formula is C13H16N2O4. The van der Waals surface area contributed by atoms with E-state index in [1.807, 2.05) is 0 Å². The molecule has 102 valence electrons. The number of aliphatic carboxylic acids is 1. The molecule has 0 saturated heterocycles. The van der Waals surface area contributed by atoms with Gasteiger partial charge < -0.3 is 15.0 Å². The van der Waals surface area contributed by atoms with Crippen LogP contribution in [0.4, 0.5) is 0 Å². The van der Waals surface area contributed by atoms with Crippen LogP contribution in [0, 0.1) is 0 Å². The van der Waals surface area contributed by atoms with Gasteiger partial charge in [0.25, 0.3) is 11.5 Å². The first-order valence-electron chi connectivity index (χ1n) is 5.77. The average Bonchev–Trinajstić information content (AvgIpc) is 2.37. The Labute approximate surface area is 110 Å². The Kier molecular flexibility index (Phi) is 5.05. The van der Waals surface area contributed by atoms with Gasteiger partial charge in [-0.3, -0.25) is 9.59 Å². The second-order valence-corrected chi connectivity index (χ2v) is 4.03. The van der Waals surface area contributed by atoms with E-state index < -0.39 is 17.9 Å². The lowest BCUT2D eigenvalue weighted by molar-refractivity contribution is -0.139. The number of hydrogen-bond donors (Lipinski definition) is 2. The van der Waals surface area contributed by atoms with Crippen LogP contribution in [0.25, 0.3) is 0 Å². The molecule has 6 heteroatoms. The number of amides is 1. The Morgan fingerprint density at radius 2 is 2.21 bits per heavy atom. The predicted molar refractivity (Wildman–Crippen MR) is 70.0 cm³/mol. The minimum absolute atomic E-state index is 0.148. The van der Waals surface area contributed by atoms with Crippen LogP contribution in [-0.4, -0.2) is 27.6 Å². The van der Waals surface area contributed by atoms with Crippen LogP contribution < -0.4 is 10.9 Å². The van der Waals surface area contributed by atoms with Crippen molar-refractivity contribution < 1.29 is 14.7 Å². The number of carbonyl (C=O) groups is 2. The van der Waals surface area contributed by atoms with Crippen LogP contribution >= 0.6 is 0 Å². The first-order chi connectivity index (χ1) is 8.95. The molecule has 0 spiro atoms. The van der Waals surface area contributed by atoms with Gasteiger partial charge in [-0.15, -0.1) is 0 Å². The highest BCUT2D eigenvalue weighted by atomic mass is 16.4. The lowest BCUT2D eigenvalue weighted by atomic mass is 10.1. The van der Waals surface area contributed by atoms with Crippen LogP contribution in [0.15, 0.2) is 35.3 Å². The monoisotopic (exact) mass is 264 g/mol. The third-order valence-corrected chi connectivity index (χ3v) is 2.58. The minimum Gasteiger partial charge on any atom is -0.480 e. The van der Waals surface area contributed by atoms with E-state index in [9.17, 15) is 14.4 Å². The number of hydrogen-bond acceptors (Lipinski definition) is 3. The van der Waals surface area contributed by atoms with Crippen molar-refractivity contribution in [2.24, 2.45) is 7.05 Å². The van der Waals surface area contributed by atoms with Gasteiger partial charge in [-0.25, -0.2) is 4.79 Å². The zero-order valence-corrected chi connectivity index (χ0v) is 10.8. The van der Waals surface area contributed by atoms with Gasteiger partial charge in [-0.1, -0.05) is 12.2 Å². The molecule has 1 unspecified atom stereocenters. The van der Waals surface area contributed by atoms with Gasteiger partial charge >= 0.3 is 5.97 Å². The number of rotatable bonds is 5. The van der Waals surface area contributed by atoms with E-state index in [1.54, 1.807) is 26.1 Å². The maximum atomic E-state index is 11.8. The van der Waals surface area contributed by atoms with Gasteiger partial charge in [-0.2, -0.15) is 0 Å². The topological polar surface area (TPSA) is 88.4 Å². The predicted octanol–water partition coefficient (Wildman–Crippen LogP) is 0.534. The van der Waals surface area contributed by atoms with Gasteiger partial charge in [0.2, 0.25) is 0 Å². The Bertz CT molecular complexity index is 560. The van der Waals surface area contributed by atoms with Crippen molar-refractivity contribution in [3.63, 3.8) is 0 Å². The molecule has 1 atom stereocenters. The first-order valence-corrected chi connectivity index (χ1v) is 5.77. The fraction of sp³-hybridized carbons (Fsp3) is 0.308. The number of pyridine rings is 1. The van der Waals surface area contributed by atoms with E-state index in [1.165, 1.54) is 22.9 Å². The van der Waals surface area contributed by atoms with Crippen molar-refractivity contribution in [1.82, 2.24) is 9.88 Å². The number of carbonyl (C=O) groups excluding carboxylic acids is 1. The summed E-state index contributed by atoms with van der Waals surface area (Å²) in [5.74, 6) is -1.69. The van der Waals surface area contributed by atoms with Crippen LogP contribution in [0.5, 0.6) is 0 Å². The van der Waals surface area contributed by atoms with Crippen molar-refractivity contribution in [3.05, 3.63) is 46.4 Å². The number of carboxylic acids is 1. The third-order valence-electron chi connectivity index (χ3n) is 2.58. The molecule has 1 amide bonds. The van der Waals surface area contributed by atoms with E-state index in [-0.39, 0.29) is 17.5 Å². The quantitative estimate of drug-likeness (QED) is 0.759. The smallest absolute Gasteiger partial charge is 0.326 e. The molecule has 0 saturated carbocycles. The number of carboxylic acid groups (broad SMARTS) is 1. The number of aryl methyl sites for hydroxylation is 1. The molecule has 1 heterocycles. The summed E-state index contributed by atoms with van der Waals surface area (Å²) in [5, 5.41) is 11.4. The fourth-order valence-corrected chi connectivity index (χ4v) is 1.42. The van der Waals surface area contributed by atoms with Crippen molar-refractivity contribution in [2.75, 3.05) is 0 Å². The Morgan fingerprint density at radius 3 is 2.74 bits per heavy atom. The summed E-state index contributed by atoms with van der Waals surface area (Å²) in [6.07, 6.45) is 5.02. The molecule has 1 rings (SSSR count). The van der Waals surface area contributed by atoms with Gasteiger partial charge in [0, 0.05) is 24.9 Å². The summed E-state index contributed by atoms with van der Waals surface area (Å²) in [6, 6.07) is 1.63. The average molecular weight is 264 g/mol. The normalized spacial score (nSPS) is 12.3. The Hall–Kier alpha value is -2.37. The molecule has 0 aliphatic carbocycles. The van der Waals surface area contributed by atoms with E-state index >= 15 is 0 Å². The van der Waals surface area contributed by atoms with Crippen molar-refractivity contribution in [3.8, 4) is 0 Å². The van der Waals surface area contributed by atoms with Crippen molar-refractivity contribution >= 4 is 11.9 Å². The largest absolute Gasteiger partial charge is 0.480 e. The molecule has 2 N–H and O–H groups in total. The maximum absolute atomic E-state index is 11.8. The SMILES string of the molecule is C/C=C/CC(NC(=O)c1ccn(C)c(=O)c1)C(=O)O. The zero-order valence-electron chi connectivity index (χ0n) is 10.8. The fourth-order valence-electron chi connectivity index (χ4n) is 1.42. The summed E-state index contributed by atoms with van der Waals surface area (Å²) < 4.78 is 1.32. The molecule has 0 aliphatic rings. The van der Waals surface area contributed by atoms with Gasteiger partial charge in [0.15, 0.2) is 0 Å². The van der Waals surface area contributed by atoms with E-state index in [4.69, 9.17) is 5.11 Å². The van der Waals surface area contributed by atoms with E-state index in [2.05, 4.69) is 5.32 Å². The number of nitrogens with zero attached hydrogens (tertiary/aromatic N) is 1. The molecule has 1 aromatic rings. The van der Waals surface area contributed by atoms with Crippen LogP contribution in [-0.2, 0) is 11.8 Å². The lowest BCUT2D eigenvalue weighted by Gasteiger charge is -2.12. The highest BCUT2D eigenvalue weighted by molar-refractivity contribution is 5.96. The lowest BCUT2D eigenvalue weighted by Crippen LogP contribution is -2.40. The number of allylic oxidation sites excluding steroid dienone is 1. The summed E-state index contributed by atoms with van der Waals surface area (Å²) >= 11 is 0. The van der Waals surface area contributed by atoms with Crippen molar-refractivity contribution in [1.29, 1.82) is 0 Å². The second-order valence-electron chi connectivity index (χ2n) is 4.03. The number of nitrogens with one attached hydrogen (secondary N) is 1. The maximum Gasteiger partial charge on any atom is 0.326 e. The Balaban J connectivity index is 2.84. The molecule has 0 fully saturated rings. The zero-order chi connectivity index (χ0) is 14.4. The standard InChI is InChI=1S/C13H16N2O4/c1-3-4-5-10(13(18)19)14-12(17)9-6-7-15(2)11(16)8-9/h3-4,6-8,10H,5H2,1-2H3,(H,14,17)(H,18,19)/b4-3+. The van der Waals surface area contributed by atoms with Crippen LogP contribution in [0.1, 0.15) is 23.7 Å². The summed E-state index contributed by atoms with van der Waals surface area (Å²) in [6.45, 7) is 1.77. The third kappa shape index (κ3) is 4.09. The summed E-state index contributed by atoms with van der Waals surface area (Å²) in [4.78, 5) is 34.2. The first kappa shape index (κ1) is 14.7. The molecule has 0 aliphatic heterocycles. The summed E-state index contributed by atoms with van der Waals surface area (Å²) in [5.41, 5.74) is -0.178. The van der Waals surface area contributed by atoms with Gasteiger partial charge in [0.1, 0.15) is 6.04 Å². The van der Waals surface area contributed by atoms with E-state index in [0.29, 0.717) is 0 Å². The molecule has 0 aromatic carbocycles. The molecule has 1 aromatic heterocycles. The molecule has 0 radical (unpaired) electrons. The molecular weight excluding hydrogens is 248 g/mol. The molecule has 19 heavy (non-hydrogen) atoms. The number of aromatic nitrogens is 1. The van der Waals surface area contributed by atoms with Crippen molar-refractivity contribution in [2.45, 2.75) is 19.4 Å². The summed E-state index contributed by atoms with van der Waals surface area (Å²) in [7, 11) is 1.57. The van der Waals surface area contributed by atoms with Gasteiger partial charge in [-0.05, 0) is 19.4 Å².